The van der Waals surface area contributed by atoms with Gasteiger partial charge in [-0.05, 0) is 30.5 Å². The van der Waals surface area contributed by atoms with Gasteiger partial charge in [0.05, 0.1) is 5.56 Å². The number of hydrogen-bond acceptors (Lipinski definition) is 3. The Morgan fingerprint density at radius 3 is 1.88 bits per heavy atom. The Kier molecular flexibility index (Phi) is 8.81. The fourth-order valence-electron chi connectivity index (χ4n) is 3.04. The lowest BCUT2D eigenvalue weighted by molar-refractivity contribution is -0.428. The van der Waals surface area contributed by atoms with Gasteiger partial charge in [-0.2, -0.15) is 39.5 Å². The van der Waals surface area contributed by atoms with Crippen LogP contribution in [0.5, 0.6) is 5.75 Å². The smallest absolute Gasteiger partial charge is 0.427 e. The molecule has 0 fully saturated rings. The van der Waals surface area contributed by atoms with Crippen LogP contribution in [0, 0.1) is 0 Å². The maximum atomic E-state index is 13.9. The van der Waals surface area contributed by atoms with Gasteiger partial charge < -0.3 is 4.74 Å². The van der Waals surface area contributed by atoms with Gasteiger partial charge in [-0.15, -0.1) is 0 Å². The number of benzene rings is 1. The third kappa shape index (κ3) is 6.12. The lowest BCUT2D eigenvalue weighted by Gasteiger charge is -2.33. The monoisotopic (exact) mass is 502 g/mol. The minimum Gasteiger partial charge on any atom is -0.427 e. The maximum absolute atomic E-state index is 13.9. The van der Waals surface area contributed by atoms with E-state index in [1.54, 1.807) is 0 Å². The SMILES string of the molecule is CCCCCCCCc1cnc(-c2ccccc2OC(F)(F)C(F)(F)C(F)(F)C(F)(F)F)nc1. The molecule has 2 aromatic rings. The van der Waals surface area contributed by atoms with E-state index in [1.807, 2.05) is 0 Å². The number of hydrogen-bond donors (Lipinski definition) is 0. The first-order valence-electron chi connectivity index (χ1n) is 10.5. The number of unbranched alkanes of at least 4 members (excludes halogenated alkanes) is 5. The lowest BCUT2D eigenvalue weighted by Crippen LogP contribution is -2.62. The van der Waals surface area contributed by atoms with Crippen molar-refractivity contribution < 1.29 is 44.3 Å². The van der Waals surface area contributed by atoms with Gasteiger partial charge in [0.2, 0.25) is 0 Å². The second-order valence-corrected chi connectivity index (χ2v) is 7.69. The molecule has 0 atom stereocenters. The van der Waals surface area contributed by atoms with Crippen LogP contribution in [0.1, 0.15) is 51.0 Å². The van der Waals surface area contributed by atoms with Gasteiger partial charge in [0.1, 0.15) is 5.75 Å². The maximum Gasteiger partial charge on any atom is 0.471 e. The van der Waals surface area contributed by atoms with Crippen molar-refractivity contribution >= 4 is 0 Å². The number of ether oxygens (including phenoxy) is 1. The van der Waals surface area contributed by atoms with E-state index in [1.165, 1.54) is 18.5 Å². The highest BCUT2D eigenvalue weighted by molar-refractivity contribution is 5.63. The number of rotatable bonds is 12. The molecule has 0 saturated heterocycles. The Balaban J connectivity index is 2.18. The van der Waals surface area contributed by atoms with Gasteiger partial charge in [0.15, 0.2) is 5.82 Å². The van der Waals surface area contributed by atoms with Crippen LogP contribution in [0.4, 0.5) is 39.5 Å². The summed E-state index contributed by atoms with van der Waals surface area (Å²) in [6, 6.07) is 4.10. The van der Waals surface area contributed by atoms with Crippen molar-refractivity contribution in [1.82, 2.24) is 9.97 Å². The van der Waals surface area contributed by atoms with Crippen molar-refractivity contribution in [1.29, 1.82) is 0 Å². The molecule has 0 saturated carbocycles. The summed E-state index contributed by atoms with van der Waals surface area (Å²) in [5.74, 6) is -15.3. The van der Waals surface area contributed by atoms with E-state index in [0.717, 1.165) is 56.2 Å². The second-order valence-electron chi connectivity index (χ2n) is 7.69. The van der Waals surface area contributed by atoms with Crippen molar-refractivity contribution in [2.75, 3.05) is 0 Å². The Labute approximate surface area is 190 Å². The van der Waals surface area contributed by atoms with Crippen LogP contribution in [0.25, 0.3) is 11.4 Å². The Hall–Kier alpha value is -2.53. The molecular weight excluding hydrogens is 479 g/mol. The molecule has 190 valence electrons. The summed E-state index contributed by atoms with van der Waals surface area (Å²) in [4.78, 5) is 7.93. The van der Waals surface area contributed by atoms with E-state index < -0.39 is 29.9 Å². The molecule has 12 heteroatoms. The molecule has 0 spiro atoms. The first-order valence-corrected chi connectivity index (χ1v) is 10.5. The highest BCUT2D eigenvalue weighted by atomic mass is 19.4. The normalized spacial score (nSPS) is 13.2. The lowest BCUT2D eigenvalue weighted by atomic mass is 10.1. The number of para-hydroxylation sites is 1. The molecule has 0 bridgehead atoms. The fourth-order valence-corrected chi connectivity index (χ4v) is 3.04. The molecule has 2 rings (SSSR count). The molecule has 0 unspecified atom stereocenters. The highest BCUT2D eigenvalue weighted by Gasteiger charge is 2.83. The van der Waals surface area contributed by atoms with E-state index in [9.17, 15) is 39.5 Å². The summed E-state index contributed by atoms with van der Waals surface area (Å²) in [6.45, 7) is 2.10. The van der Waals surface area contributed by atoms with Gasteiger partial charge in [0.25, 0.3) is 0 Å². The molecule has 1 aromatic heterocycles. The van der Waals surface area contributed by atoms with Crippen LogP contribution in [0.15, 0.2) is 36.7 Å². The number of nitrogens with zero attached hydrogens (tertiary/aromatic N) is 2. The third-order valence-electron chi connectivity index (χ3n) is 5.01. The minimum absolute atomic E-state index is 0.260. The van der Waals surface area contributed by atoms with E-state index in [-0.39, 0.29) is 11.4 Å². The van der Waals surface area contributed by atoms with Crippen LogP contribution < -0.4 is 4.74 Å². The molecule has 0 amide bonds. The Morgan fingerprint density at radius 2 is 1.29 bits per heavy atom. The predicted molar refractivity (Wildman–Crippen MR) is 106 cm³/mol. The molecule has 1 heterocycles. The number of aryl methyl sites for hydroxylation is 1. The van der Waals surface area contributed by atoms with Crippen molar-refractivity contribution in [3.8, 4) is 17.1 Å². The number of aromatic nitrogens is 2. The second kappa shape index (κ2) is 10.8. The molecule has 0 radical (unpaired) electrons. The molecule has 34 heavy (non-hydrogen) atoms. The van der Waals surface area contributed by atoms with Crippen LogP contribution in [-0.2, 0) is 6.42 Å². The van der Waals surface area contributed by atoms with Crippen molar-refractivity contribution in [2.24, 2.45) is 0 Å². The molecular formula is C22H23F9N2O. The fraction of sp³-hybridized carbons (Fsp3) is 0.545. The van der Waals surface area contributed by atoms with Gasteiger partial charge in [-0.25, -0.2) is 9.97 Å². The van der Waals surface area contributed by atoms with Gasteiger partial charge >= 0.3 is 24.1 Å². The molecule has 0 aliphatic rings. The van der Waals surface area contributed by atoms with Crippen LogP contribution >= 0.6 is 0 Å². The number of halogens is 9. The highest BCUT2D eigenvalue weighted by Crippen LogP contribution is 2.53. The zero-order valence-electron chi connectivity index (χ0n) is 18.1. The Bertz CT molecular complexity index is 915. The number of alkyl halides is 9. The Morgan fingerprint density at radius 1 is 0.735 bits per heavy atom. The largest absolute Gasteiger partial charge is 0.471 e. The van der Waals surface area contributed by atoms with Crippen molar-refractivity contribution in [3.63, 3.8) is 0 Å². The summed E-state index contributed by atoms with van der Waals surface area (Å²) in [7, 11) is 0. The molecule has 1 aromatic carbocycles. The van der Waals surface area contributed by atoms with Crippen molar-refractivity contribution in [2.45, 2.75) is 76.0 Å². The quantitative estimate of drug-likeness (QED) is 0.219. The average Bonchev–Trinajstić information content (AvgIpc) is 2.76. The standard InChI is InChI=1S/C22H23F9N2O/c1-2-3-4-5-6-7-10-15-13-32-18(33-14-15)16-11-8-9-12-17(16)34-22(30,31)20(25,26)19(23,24)21(27,28)29/h8-9,11-14H,2-7,10H2,1H3. The van der Waals surface area contributed by atoms with E-state index in [4.69, 9.17) is 0 Å². The molecule has 3 nitrogen and oxygen atoms in total. The zero-order valence-corrected chi connectivity index (χ0v) is 18.1. The third-order valence-corrected chi connectivity index (χ3v) is 5.01. The average molecular weight is 502 g/mol. The van der Waals surface area contributed by atoms with E-state index in [0.29, 0.717) is 12.5 Å². The van der Waals surface area contributed by atoms with E-state index >= 15 is 0 Å². The first-order chi connectivity index (χ1) is 15.7. The minimum atomic E-state index is -7.05. The summed E-state index contributed by atoms with van der Waals surface area (Å²) >= 11 is 0. The van der Waals surface area contributed by atoms with Crippen LogP contribution in [-0.4, -0.2) is 34.1 Å². The zero-order chi connectivity index (χ0) is 25.6. The van der Waals surface area contributed by atoms with Gasteiger partial charge in [-0.3, -0.25) is 0 Å². The summed E-state index contributed by atoms with van der Waals surface area (Å²) in [5, 5.41) is 0. The molecule has 0 aliphatic heterocycles. The summed E-state index contributed by atoms with van der Waals surface area (Å²) in [5.41, 5.74) is 0.332. The molecule has 0 N–H and O–H groups in total. The van der Waals surface area contributed by atoms with E-state index in [2.05, 4.69) is 21.6 Å². The van der Waals surface area contributed by atoms with Gasteiger partial charge in [-0.1, -0.05) is 51.2 Å². The van der Waals surface area contributed by atoms with Crippen LogP contribution in [0.2, 0.25) is 0 Å². The predicted octanol–water partition coefficient (Wildman–Crippen LogP) is 7.85. The topological polar surface area (TPSA) is 35.0 Å². The molecule has 0 aliphatic carbocycles. The van der Waals surface area contributed by atoms with Gasteiger partial charge in [0, 0.05) is 12.4 Å². The first kappa shape index (κ1) is 27.7. The summed E-state index contributed by atoms with van der Waals surface area (Å²) < 4.78 is 122. The van der Waals surface area contributed by atoms with Crippen molar-refractivity contribution in [3.05, 3.63) is 42.2 Å². The summed E-state index contributed by atoms with van der Waals surface area (Å²) in [6.07, 6.45) is -3.41. The van der Waals surface area contributed by atoms with Crippen LogP contribution in [0.3, 0.4) is 0 Å².